The van der Waals surface area contributed by atoms with Crippen molar-refractivity contribution in [2.45, 2.75) is 18.2 Å². The summed E-state index contributed by atoms with van der Waals surface area (Å²) >= 11 is 0. The Morgan fingerprint density at radius 1 is 0.952 bits per heavy atom. The van der Waals surface area contributed by atoms with Crippen molar-refractivity contribution in [3.63, 3.8) is 0 Å². The van der Waals surface area contributed by atoms with Crippen molar-refractivity contribution in [1.82, 2.24) is 5.16 Å². The number of aryl methyl sites for hydroxylation is 1. The second kappa shape index (κ2) is 11.2. The van der Waals surface area contributed by atoms with Crippen LogP contribution in [0.15, 0.2) is 98.9 Å². The topological polar surface area (TPSA) is 120 Å². The minimum Gasteiger partial charge on any atom is -0.475 e. The number of sulfonamides is 1. The second-order valence-electron chi connectivity index (χ2n) is 10.1. The van der Waals surface area contributed by atoms with Crippen LogP contribution in [-0.4, -0.2) is 57.4 Å². The Kier molecular flexibility index (Phi) is 7.34. The van der Waals surface area contributed by atoms with E-state index in [1.54, 1.807) is 13.1 Å². The highest BCUT2D eigenvalue weighted by atomic mass is 32.2. The molecule has 1 N–H and O–H groups in total. The Labute approximate surface area is 243 Å². The minimum atomic E-state index is -4.07. The van der Waals surface area contributed by atoms with E-state index in [4.69, 9.17) is 8.94 Å². The molecule has 0 atom stereocenters. The molecule has 1 fully saturated rings. The number of rotatable bonds is 9. The van der Waals surface area contributed by atoms with E-state index in [-0.39, 0.29) is 17.2 Å². The van der Waals surface area contributed by atoms with Crippen LogP contribution in [0, 0.1) is 6.92 Å². The molecule has 0 spiro atoms. The van der Waals surface area contributed by atoms with Gasteiger partial charge in [0.25, 0.3) is 10.0 Å². The summed E-state index contributed by atoms with van der Waals surface area (Å²) in [7, 11) is -4.07. The molecular formula is C31H30N4O6S. The molecule has 0 saturated carbocycles. The third-order valence-electron chi connectivity index (χ3n) is 7.64. The van der Waals surface area contributed by atoms with E-state index < -0.39 is 16.0 Å². The number of para-hydroxylation sites is 2. The fourth-order valence-corrected chi connectivity index (χ4v) is 6.93. The lowest BCUT2D eigenvalue weighted by Gasteiger charge is -2.38. The number of fused-ring (bicyclic) bond motifs is 1. The van der Waals surface area contributed by atoms with Crippen LogP contribution in [0.3, 0.4) is 0 Å². The molecule has 1 saturated heterocycles. The lowest BCUT2D eigenvalue weighted by Crippen LogP contribution is -2.47. The SMILES string of the molecule is Cc1c(C(=O)O)oc2ccc(S(=O)(=O)N(CCc3ccccc3)c3ccccc3N3CCN(c4ccno4)CC3)cc12. The van der Waals surface area contributed by atoms with Gasteiger partial charge < -0.3 is 23.8 Å². The summed E-state index contributed by atoms with van der Waals surface area (Å²) < 4.78 is 41.1. The summed E-state index contributed by atoms with van der Waals surface area (Å²) in [5, 5.41) is 13.8. The smallest absolute Gasteiger partial charge is 0.372 e. The zero-order valence-corrected chi connectivity index (χ0v) is 23.8. The van der Waals surface area contributed by atoms with E-state index in [2.05, 4.69) is 15.0 Å². The number of aromatic nitrogens is 1. The predicted molar refractivity (Wildman–Crippen MR) is 160 cm³/mol. The van der Waals surface area contributed by atoms with E-state index in [1.807, 2.05) is 60.7 Å². The first kappa shape index (κ1) is 27.4. The quantitative estimate of drug-likeness (QED) is 0.249. The molecule has 42 heavy (non-hydrogen) atoms. The Morgan fingerprint density at radius 3 is 2.38 bits per heavy atom. The summed E-state index contributed by atoms with van der Waals surface area (Å²) in [4.78, 5) is 16.0. The summed E-state index contributed by atoms with van der Waals surface area (Å²) in [6.07, 6.45) is 2.13. The highest BCUT2D eigenvalue weighted by Gasteiger charge is 2.30. The van der Waals surface area contributed by atoms with Gasteiger partial charge in [0, 0.05) is 49.7 Å². The molecule has 1 aliphatic rings. The van der Waals surface area contributed by atoms with Gasteiger partial charge in [0.1, 0.15) is 5.58 Å². The van der Waals surface area contributed by atoms with Crippen molar-refractivity contribution in [3.05, 3.63) is 102 Å². The number of hydrogen-bond donors (Lipinski definition) is 1. The summed E-state index contributed by atoms with van der Waals surface area (Å²) in [5.41, 5.74) is 3.13. The van der Waals surface area contributed by atoms with Crippen molar-refractivity contribution in [2.75, 3.05) is 46.8 Å². The van der Waals surface area contributed by atoms with Crippen LogP contribution in [0.1, 0.15) is 21.7 Å². The molecule has 0 unspecified atom stereocenters. The fourth-order valence-electron chi connectivity index (χ4n) is 5.42. The predicted octanol–water partition coefficient (Wildman–Crippen LogP) is 5.19. The van der Waals surface area contributed by atoms with Crippen LogP contribution >= 0.6 is 0 Å². The van der Waals surface area contributed by atoms with Gasteiger partial charge in [-0.2, -0.15) is 0 Å². The van der Waals surface area contributed by atoms with Crippen LogP contribution in [0.25, 0.3) is 11.0 Å². The maximum Gasteiger partial charge on any atom is 0.372 e. The van der Waals surface area contributed by atoms with Gasteiger partial charge in [0.15, 0.2) is 0 Å². The van der Waals surface area contributed by atoms with Crippen molar-refractivity contribution >= 4 is 44.2 Å². The first-order valence-electron chi connectivity index (χ1n) is 13.7. The lowest BCUT2D eigenvalue weighted by atomic mass is 10.1. The molecule has 6 rings (SSSR count). The normalized spacial score (nSPS) is 13.9. The number of carboxylic acids is 1. The highest BCUT2D eigenvalue weighted by Crippen LogP contribution is 2.36. The van der Waals surface area contributed by atoms with E-state index in [0.29, 0.717) is 60.7 Å². The molecule has 0 bridgehead atoms. The van der Waals surface area contributed by atoms with Crippen molar-refractivity contribution in [3.8, 4) is 0 Å². The van der Waals surface area contributed by atoms with E-state index in [1.165, 1.54) is 22.5 Å². The van der Waals surface area contributed by atoms with Gasteiger partial charge in [-0.3, -0.25) is 4.31 Å². The number of benzene rings is 3. The monoisotopic (exact) mass is 586 g/mol. The zero-order valence-electron chi connectivity index (χ0n) is 23.0. The molecule has 5 aromatic rings. The third kappa shape index (κ3) is 5.18. The fraction of sp³-hybridized carbons (Fsp3) is 0.226. The Balaban J connectivity index is 1.38. The number of aromatic carboxylic acids is 1. The molecule has 0 aliphatic carbocycles. The van der Waals surface area contributed by atoms with Crippen molar-refractivity contribution in [2.24, 2.45) is 0 Å². The number of carboxylic acid groups (broad SMARTS) is 1. The molecule has 1 aliphatic heterocycles. The van der Waals surface area contributed by atoms with Crippen LogP contribution in [0.4, 0.5) is 17.3 Å². The van der Waals surface area contributed by atoms with E-state index in [9.17, 15) is 18.3 Å². The average Bonchev–Trinajstić information content (AvgIpc) is 3.67. The van der Waals surface area contributed by atoms with Crippen LogP contribution in [-0.2, 0) is 16.4 Å². The first-order chi connectivity index (χ1) is 20.3. The van der Waals surface area contributed by atoms with Crippen LogP contribution < -0.4 is 14.1 Å². The molecule has 10 nitrogen and oxygen atoms in total. The van der Waals surface area contributed by atoms with E-state index in [0.717, 1.165) is 11.3 Å². The molecule has 3 aromatic carbocycles. The molecule has 3 heterocycles. The molecule has 216 valence electrons. The van der Waals surface area contributed by atoms with Gasteiger partial charge in [0.05, 0.1) is 22.5 Å². The van der Waals surface area contributed by atoms with Gasteiger partial charge in [-0.15, -0.1) is 0 Å². The maximum absolute atomic E-state index is 14.4. The minimum absolute atomic E-state index is 0.0637. The second-order valence-corrected chi connectivity index (χ2v) is 12.0. The first-order valence-corrected chi connectivity index (χ1v) is 15.1. The van der Waals surface area contributed by atoms with Crippen LogP contribution in [0.2, 0.25) is 0 Å². The highest BCUT2D eigenvalue weighted by molar-refractivity contribution is 7.92. The van der Waals surface area contributed by atoms with Crippen molar-refractivity contribution in [1.29, 1.82) is 0 Å². The van der Waals surface area contributed by atoms with Gasteiger partial charge >= 0.3 is 5.97 Å². The molecule has 0 radical (unpaired) electrons. The number of carbonyl (C=O) groups is 1. The van der Waals surface area contributed by atoms with Crippen molar-refractivity contribution < 1.29 is 27.3 Å². The summed E-state index contributed by atoms with van der Waals surface area (Å²) in [5.74, 6) is -0.684. The molecule has 11 heteroatoms. The largest absolute Gasteiger partial charge is 0.475 e. The van der Waals surface area contributed by atoms with Gasteiger partial charge in [-0.1, -0.05) is 47.6 Å². The number of hydrogen-bond acceptors (Lipinski definition) is 8. The van der Waals surface area contributed by atoms with Crippen LogP contribution in [0.5, 0.6) is 0 Å². The number of piperazine rings is 1. The van der Waals surface area contributed by atoms with Gasteiger partial charge in [-0.25, -0.2) is 13.2 Å². The van der Waals surface area contributed by atoms with Gasteiger partial charge in [-0.05, 0) is 49.2 Å². The Bertz CT molecular complexity index is 1810. The average molecular weight is 587 g/mol. The molecule has 0 amide bonds. The standard InChI is InChI=1S/C31H30N4O6S/c1-22-25-21-24(11-12-28(25)40-30(22)31(36)37)42(38,39)35(16-14-23-7-3-2-4-8-23)27-10-6-5-9-26(27)33-17-19-34(20-18-33)29-13-15-32-41-29/h2-13,15,21H,14,16-20H2,1H3,(H,36,37). The number of nitrogens with zero attached hydrogens (tertiary/aromatic N) is 4. The Morgan fingerprint density at radius 2 is 1.67 bits per heavy atom. The zero-order chi connectivity index (χ0) is 29.3. The summed E-state index contributed by atoms with van der Waals surface area (Å²) in [6.45, 7) is 4.56. The third-order valence-corrected chi connectivity index (χ3v) is 9.45. The van der Waals surface area contributed by atoms with Gasteiger partial charge in [0.2, 0.25) is 11.6 Å². The molecular weight excluding hydrogens is 556 g/mol. The summed E-state index contributed by atoms with van der Waals surface area (Å²) in [6, 6.07) is 23.6. The number of furan rings is 1. The Hall–Kier alpha value is -4.77. The lowest BCUT2D eigenvalue weighted by molar-refractivity contribution is 0.0664. The maximum atomic E-state index is 14.4. The molecule has 2 aromatic heterocycles. The van der Waals surface area contributed by atoms with E-state index >= 15 is 0 Å². The number of anilines is 3.